The summed E-state index contributed by atoms with van der Waals surface area (Å²) in [7, 11) is 0. The van der Waals surface area contributed by atoms with Gasteiger partial charge in [-0.1, -0.05) is 6.42 Å². The molecule has 2 unspecified atom stereocenters. The second-order valence-corrected chi connectivity index (χ2v) is 5.41. The zero-order valence-electron chi connectivity index (χ0n) is 10.3. The van der Waals surface area contributed by atoms with Gasteiger partial charge in [0.1, 0.15) is 0 Å². The molecule has 0 heterocycles. The fourth-order valence-corrected chi connectivity index (χ4v) is 2.66. The molecule has 2 aliphatic rings. The Morgan fingerprint density at radius 2 is 1.94 bits per heavy atom. The van der Waals surface area contributed by atoms with Crippen LogP contribution in [0.5, 0.6) is 0 Å². The smallest absolute Gasteiger partial charge is 0.0591 e. The number of ether oxygens (including phenoxy) is 1. The number of hydrogen-bond donors (Lipinski definition) is 2. The van der Waals surface area contributed by atoms with Gasteiger partial charge in [0.05, 0.1) is 6.61 Å². The maximum atomic E-state index is 5.76. The molecule has 2 fully saturated rings. The molecule has 0 amide bonds. The summed E-state index contributed by atoms with van der Waals surface area (Å²) in [6.45, 7) is 4.85. The summed E-state index contributed by atoms with van der Waals surface area (Å²) in [6.07, 6.45) is 6.83. The van der Waals surface area contributed by atoms with Crippen LogP contribution in [0.2, 0.25) is 0 Å². The lowest BCUT2D eigenvalue weighted by molar-refractivity contribution is 0.125. The van der Waals surface area contributed by atoms with Crippen LogP contribution in [0.4, 0.5) is 0 Å². The van der Waals surface area contributed by atoms with Gasteiger partial charge in [0, 0.05) is 13.2 Å². The topological polar surface area (TPSA) is 47.3 Å². The maximum Gasteiger partial charge on any atom is 0.0591 e. The molecular formula is C13H26N2O. The Hall–Kier alpha value is -0.120. The normalized spacial score (nSPS) is 29.8. The molecule has 3 nitrogen and oxygen atoms in total. The number of nitrogens with two attached hydrogens (primary N) is 1. The van der Waals surface area contributed by atoms with E-state index in [-0.39, 0.29) is 0 Å². The fourth-order valence-electron chi connectivity index (χ4n) is 2.66. The van der Waals surface area contributed by atoms with Crippen molar-refractivity contribution in [2.24, 2.45) is 23.5 Å². The minimum absolute atomic E-state index is 0.764. The van der Waals surface area contributed by atoms with Crippen molar-refractivity contribution in [1.82, 2.24) is 5.32 Å². The van der Waals surface area contributed by atoms with E-state index >= 15 is 0 Å². The van der Waals surface area contributed by atoms with Crippen LogP contribution in [0.3, 0.4) is 0 Å². The first-order valence-electron chi connectivity index (χ1n) is 6.88. The van der Waals surface area contributed by atoms with E-state index in [2.05, 4.69) is 5.32 Å². The molecule has 94 valence electrons. The Morgan fingerprint density at radius 3 is 2.69 bits per heavy atom. The molecule has 0 aromatic carbocycles. The van der Waals surface area contributed by atoms with Gasteiger partial charge in [-0.15, -0.1) is 0 Å². The van der Waals surface area contributed by atoms with Gasteiger partial charge in [-0.3, -0.25) is 0 Å². The van der Waals surface area contributed by atoms with E-state index in [1.54, 1.807) is 0 Å². The third-order valence-corrected chi connectivity index (χ3v) is 4.00. The largest absolute Gasteiger partial charge is 0.380 e. The van der Waals surface area contributed by atoms with Gasteiger partial charge in [-0.05, 0) is 56.5 Å². The monoisotopic (exact) mass is 226 g/mol. The zero-order chi connectivity index (χ0) is 11.2. The second-order valence-electron chi connectivity index (χ2n) is 5.41. The minimum atomic E-state index is 0.764. The van der Waals surface area contributed by atoms with Crippen LogP contribution in [-0.4, -0.2) is 32.8 Å². The molecule has 0 aromatic rings. The zero-order valence-corrected chi connectivity index (χ0v) is 10.3. The van der Waals surface area contributed by atoms with Crippen molar-refractivity contribution in [3.63, 3.8) is 0 Å². The summed E-state index contributed by atoms with van der Waals surface area (Å²) in [6, 6.07) is 0. The number of rotatable bonds is 8. The van der Waals surface area contributed by atoms with Crippen molar-refractivity contribution in [1.29, 1.82) is 0 Å². The highest BCUT2D eigenvalue weighted by molar-refractivity contribution is 4.79. The van der Waals surface area contributed by atoms with Crippen molar-refractivity contribution in [2.45, 2.75) is 32.1 Å². The Balaban J connectivity index is 1.44. The quantitative estimate of drug-likeness (QED) is 0.615. The second kappa shape index (κ2) is 6.58. The third kappa shape index (κ3) is 4.04. The summed E-state index contributed by atoms with van der Waals surface area (Å²) in [5.74, 6) is 2.46. The van der Waals surface area contributed by atoms with Crippen LogP contribution in [0.25, 0.3) is 0 Å². The van der Waals surface area contributed by atoms with Gasteiger partial charge in [-0.25, -0.2) is 0 Å². The average molecular weight is 226 g/mol. The summed E-state index contributed by atoms with van der Waals surface area (Å²) in [5, 5.41) is 3.51. The third-order valence-electron chi connectivity index (χ3n) is 4.00. The Bertz CT molecular complexity index is 194. The van der Waals surface area contributed by atoms with Crippen LogP contribution >= 0.6 is 0 Å². The number of nitrogens with one attached hydrogen (secondary N) is 1. The molecule has 16 heavy (non-hydrogen) atoms. The molecule has 2 atom stereocenters. The summed E-state index contributed by atoms with van der Waals surface area (Å²) >= 11 is 0. The molecule has 0 saturated heterocycles. The van der Waals surface area contributed by atoms with Crippen molar-refractivity contribution >= 4 is 0 Å². The Morgan fingerprint density at radius 1 is 1.12 bits per heavy atom. The predicted molar refractivity (Wildman–Crippen MR) is 66.3 cm³/mol. The average Bonchev–Trinajstić information content (AvgIpc) is 3.01. The molecule has 0 bridgehead atoms. The molecular weight excluding hydrogens is 200 g/mol. The first kappa shape index (κ1) is 12.3. The van der Waals surface area contributed by atoms with E-state index in [9.17, 15) is 0 Å². The van der Waals surface area contributed by atoms with Gasteiger partial charge in [-0.2, -0.15) is 0 Å². The van der Waals surface area contributed by atoms with Crippen LogP contribution < -0.4 is 11.1 Å². The molecule has 2 saturated carbocycles. The van der Waals surface area contributed by atoms with Crippen molar-refractivity contribution in [3.05, 3.63) is 0 Å². The van der Waals surface area contributed by atoms with Crippen molar-refractivity contribution < 1.29 is 4.74 Å². The van der Waals surface area contributed by atoms with Gasteiger partial charge < -0.3 is 15.8 Å². The van der Waals surface area contributed by atoms with E-state index in [4.69, 9.17) is 10.5 Å². The predicted octanol–water partition coefficient (Wildman–Crippen LogP) is 1.38. The van der Waals surface area contributed by atoms with Gasteiger partial charge in [0.25, 0.3) is 0 Å². The SMILES string of the molecule is NCC1CCCC1CNCCOCC1CC1. The molecule has 3 heteroatoms. The highest BCUT2D eigenvalue weighted by Gasteiger charge is 2.25. The molecule has 3 N–H and O–H groups in total. The van der Waals surface area contributed by atoms with Crippen LogP contribution in [0, 0.1) is 17.8 Å². The first-order chi connectivity index (χ1) is 7.90. The van der Waals surface area contributed by atoms with E-state index in [1.807, 2.05) is 0 Å². The highest BCUT2D eigenvalue weighted by Crippen LogP contribution is 2.30. The van der Waals surface area contributed by atoms with Crippen LogP contribution in [-0.2, 0) is 4.74 Å². The van der Waals surface area contributed by atoms with E-state index in [0.717, 1.165) is 50.6 Å². The lowest BCUT2D eigenvalue weighted by atomic mass is 9.96. The first-order valence-corrected chi connectivity index (χ1v) is 6.88. The molecule has 0 aliphatic heterocycles. The van der Waals surface area contributed by atoms with E-state index < -0.39 is 0 Å². The lowest BCUT2D eigenvalue weighted by Crippen LogP contribution is -2.30. The lowest BCUT2D eigenvalue weighted by Gasteiger charge is -2.18. The van der Waals surface area contributed by atoms with Crippen LogP contribution in [0.1, 0.15) is 32.1 Å². The molecule has 0 aromatic heterocycles. The standard InChI is InChI=1S/C13H26N2O/c14-8-12-2-1-3-13(12)9-15-6-7-16-10-11-4-5-11/h11-13,15H,1-10,14H2. The Labute approximate surface area is 99.1 Å². The van der Waals surface area contributed by atoms with Gasteiger partial charge in [0.2, 0.25) is 0 Å². The molecule has 0 spiro atoms. The minimum Gasteiger partial charge on any atom is -0.380 e. The van der Waals surface area contributed by atoms with Crippen molar-refractivity contribution in [3.8, 4) is 0 Å². The Kier molecular flexibility index (Phi) is 5.07. The highest BCUT2D eigenvalue weighted by atomic mass is 16.5. The fraction of sp³-hybridized carbons (Fsp3) is 1.00. The molecule has 0 radical (unpaired) electrons. The summed E-state index contributed by atoms with van der Waals surface area (Å²) < 4.78 is 5.59. The van der Waals surface area contributed by atoms with Gasteiger partial charge >= 0.3 is 0 Å². The van der Waals surface area contributed by atoms with Gasteiger partial charge in [0.15, 0.2) is 0 Å². The van der Waals surface area contributed by atoms with Crippen molar-refractivity contribution in [2.75, 3.05) is 32.8 Å². The molecule has 2 aliphatic carbocycles. The van der Waals surface area contributed by atoms with E-state index in [1.165, 1.54) is 32.1 Å². The molecule has 2 rings (SSSR count). The maximum absolute atomic E-state index is 5.76. The number of hydrogen-bond acceptors (Lipinski definition) is 3. The van der Waals surface area contributed by atoms with Crippen LogP contribution in [0.15, 0.2) is 0 Å². The van der Waals surface area contributed by atoms with E-state index in [0.29, 0.717) is 0 Å². The summed E-state index contributed by atoms with van der Waals surface area (Å²) in [4.78, 5) is 0. The summed E-state index contributed by atoms with van der Waals surface area (Å²) in [5.41, 5.74) is 5.76.